The second-order valence-electron chi connectivity index (χ2n) is 4.40. The molecule has 4 heteroatoms. The fraction of sp³-hybridized carbons (Fsp3) is 0.133. The van der Waals surface area contributed by atoms with Crippen molar-refractivity contribution in [1.29, 1.82) is 0 Å². The Bertz CT molecular complexity index is 629. The Morgan fingerprint density at radius 2 is 1.95 bits per heavy atom. The van der Waals surface area contributed by atoms with Gasteiger partial charge in [0.1, 0.15) is 0 Å². The summed E-state index contributed by atoms with van der Waals surface area (Å²) in [5, 5.41) is 0.653. The zero-order valence-corrected chi connectivity index (χ0v) is 11.7. The molecule has 0 atom stereocenters. The van der Waals surface area contributed by atoms with Crippen LogP contribution in [-0.2, 0) is 17.1 Å². The summed E-state index contributed by atoms with van der Waals surface area (Å²) in [6.07, 6.45) is 0.873. The molecule has 0 fully saturated rings. The number of benzene rings is 2. The number of carbonyl (C=O) groups excluding carboxylic acids is 1. The van der Waals surface area contributed by atoms with Crippen molar-refractivity contribution in [1.82, 2.24) is 0 Å². The largest absolute Gasteiger partial charge is 0.309 e. The van der Waals surface area contributed by atoms with Gasteiger partial charge < -0.3 is 4.90 Å². The first-order chi connectivity index (χ1) is 9.28. The van der Waals surface area contributed by atoms with Crippen LogP contribution in [0.3, 0.4) is 0 Å². The van der Waals surface area contributed by atoms with Gasteiger partial charge in [0.15, 0.2) is 0 Å². The lowest BCUT2D eigenvalue weighted by molar-refractivity contribution is -0.107. The van der Waals surface area contributed by atoms with Gasteiger partial charge in [-0.2, -0.15) is 0 Å². The Morgan fingerprint density at radius 1 is 1.16 bits per heavy atom. The van der Waals surface area contributed by atoms with Crippen LogP contribution < -0.4 is 4.90 Å². The van der Waals surface area contributed by atoms with Gasteiger partial charge >= 0.3 is 0 Å². The minimum absolute atomic E-state index is 0.591. The number of hydrogen-bond acceptors (Lipinski definition) is 2. The average Bonchev–Trinajstić information content (AvgIpc) is 2.42. The Balaban J connectivity index is 2.08. The van der Waals surface area contributed by atoms with E-state index < -0.39 is 0 Å². The predicted octanol–water partition coefficient (Wildman–Crippen LogP) is 4.11. The molecule has 0 saturated carbocycles. The maximum absolute atomic E-state index is 11.4. The molecule has 1 amide bonds. The van der Waals surface area contributed by atoms with Crippen LogP contribution in [0.15, 0.2) is 47.4 Å². The van der Waals surface area contributed by atoms with Crippen LogP contribution in [0.4, 0.5) is 5.69 Å². The number of amides is 1. The maximum Gasteiger partial charge on any atom is 0.214 e. The fourth-order valence-corrected chi connectivity index (χ4v) is 3.46. The van der Waals surface area contributed by atoms with E-state index in [1.54, 1.807) is 16.7 Å². The molecule has 0 aromatic heterocycles. The third kappa shape index (κ3) is 2.48. The van der Waals surface area contributed by atoms with E-state index >= 15 is 0 Å². The molecule has 2 aromatic carbocycles. The normalized spacial score (nSPS) is 14.1. The van der Waals surface area contributed by atoms with E-state index in [0.717, 1.165) is 22.7 Å². The number of rotatable bonds is 1. The third-order valence-corrected chi connectivity index (χ3v) is 4.55. The Morgan fingerprint density at radius 3 is 2.74 bits per heavy atom. The lowest BCUT2D eigenvalue weighted by Gasteiger charge is -2.25. The summed E-state index contributed by atoms with van der Waals surface area (Å²) < 4.78 is 0. The number of fused-ring (bicyclic) bond motifs is 2. The van der Waals surface area contributed by atoms with E-state index in [2.05, 4.69) is 12.1 Å². The molecule has 0 spiro atoms. The zero-order valence-electron chi connectivity index (χ0n) is 10.2. The Labute approximate surface area is 121 Å². The van der Waals surface area contributed by atoms with E-state index in [0.29, 0.717) is 11.6 Å². The van der Waals surface area contributed by atoms with Crippen LogP contribution >= 0.6 is 23.4 Å². The second-order valence-corrected chi connectivity index (χ2v) is 5.86. The minimum Gasteiger partial charge on any atom is -0.309 e. The van der Waals surface area contributed by atoms with Gasteiger partial charge in [0.2, 0.25) is 6.41 Å². The molecule has 0 unspecified atom stereocenters. The van der Waals surface area contributed by atoms with E-state index in [-0.39, 0.29) is 0 Å². The molecule has 1 aliphatic heterocycles. The fourth-order valence-electron chi connectivity index (χ4n) is 2.21. The van der Waals surface area contributed by atoms with Gasteiger partial charge in [-0.05, 0) is 29.3 Å². The summed E-state index contributed by atoms with van der Waals surface area (Å²) in [6.45, 7) is 0.591. The summed E-state index contributed by atoms with van der Waals surface area (Å²) in [4.78, 5) is 14.2. The summed E-state index contributed by atoms with van der Waals surface area (Å²) in [6, 6.07) is 13.9. The van der Waals surface area contributed by atoms with Crippen LogP contribution in [-0.4, -0.2) is 6.41 Å². The number of nitrogens with zero attached hydrogens (tertiary/aromatic N) is 1. The number of anilines is 1. The van der Waals surface area contributed by atoms with Crippen LogP contribution in [0.2, 0.25) is 5.02 Å². The molecule has 0 saturated heterocycles. The molecular formula is C15H12ClNOS. The van der Waals surface area contributed by atoms with Crippen LogP contribution in [0, 0.1) is 0 Å². The van der Waals surface area contributed by atoms with Gasteiger partial charge in [-0.25, -0.2) is 0 Å². The van der Waals surface area contributed by atoms with E-state index in [1.165, 1.54) is 11.1 Å². The standard InChI is InChI=1S/C15H12ClNOS/c16-13-5-6-15-14(7-13)17(10-18)8-11-3-1-2-4-12(11)9-19-15/h1-7,10H,8-9H2. The maximum atomic E-state index is 11.4. The number of carbonyl (C=O) groups is 1. The highest BCUT2D eigenvalue weighted by Gasteiger charge is 2.17. The molecular weight excluding hydrogens is 278 g/mol. The highest BCUT2D eigenvalue weighted by atomic mass is 35.5. The zero-order chi connectivity index (χ0) is 13.2. The minimum atomic E-state index is 0.591. The topological polar surface area (TPSA) is 20.3 Å². The summed E-state index contributed by atoms with van der Waals surface area (Å²) in [5.74, 6) is 0.914. The van der Waals surface area contributed by atoms with Crippen LogP contribution in [0.25, 0.3) is 0 Å². The second kappa shape index (κ2) is 5.27. The molecule has 3 rings (SSSR count). The number of hydrogen-bond donors (Lipinski definition) is 0. The van der Waals surface area contributed by atoms with Crippen molar-refractivity contribution < 1.29 is 4.79 Å². The van der Waals surface area contributed by atoms with Crippen molar-refractivity contribution in [3.63, 3.8) is 0 Å². The van der Waals surface area contributed by atoms with Crippen LogP contribution in [0.1, 0.15) is 11.1 Å². The molecule has 19 heavy (non-hydrogen) atoms. The molecule has 0 aliphatic carbocycles. The summed E-state index contributed by atoms with van der Waals surface area (Å²) in [5.41, 5.74) is 3.36. The smallest absolute Gasteiger partial charge is 0.214 e. The molecule has 2 nitrogen and oxygen atoms in total. The van der Waals surface area contributed by atoms with Crippen molar-refractivity contribution in [3.8, 4) is 0 Å². The lowest BCUT2D eigenvalue weighted by Crippen LogP contribution is -2.22. The molecule has 0 bridgehead atoms. The molecule has 1 aliphatic rings. The molecule has 0 radical (unpaired) electrons. The highest BCUT2D eigenvalue weighted by molar-refractivity contribution is 7.98. The molecule has 0 N–H and O–H groups in total. The predicted molar refractivity (Wildman–Crippen MR) is 79.7 cm³/mol. The first-order valence-electron chi connectivity index (χ1n) is 5.99. The van der Waals surface area contributed by atoms with Crippen molar-refractivity contribution in [2.24, 2.45) is 0 Å². The lowest BCUT2D eigenvalue weighted by atomic mass is 10.1. The van der Waals surface area contributed by atoms with Crippen molar-refractivity contribution >= 4 is 35.5 Å². The quantitative estimate of drug-likeness (QED) is 0.737. The first-order valence-corrected chi connectivity index (χ1v) is 7.35. The number of thioether (sulfide) groups is 1. The summed E-state index contributed by atoms with van der Waals surface area (Å²) in [7, 11) is 0. The van der Waals surface area contributed by atoms with E-state index in [4.69, 9.17) is 11.6 Å². The molecule has 2 aromatic rings. The Hall–Kier alpha value is -1.45. The van der Waals surface area contributed by atoms with Gasteiger partial charge in [-0.1, -0.05) is 35.9 Å². The average molecular weight is 290 g/mol. The van der Waals surface area contributed by atoms with Gasteiger partial charge in [0, 0.05) is 15.7 Å². The van der Waals surface area contributed by atoms with Gasteiger partial charge in [-0.3, -0.25) is 4.79 Å². The third-order valence-electron chi connectivity index (χ3n) is 3.20. The van der Waals surface area contributed by atoms with Crippen molar-refractivity contribution in [2.45, 2.75) is 17.2 Å². The summed E-state index contributed by atoms with van der Waals surface area (Å²) >= 11 is 7.78. The van der Waals surface area contributed by atoms with Crippen LogP contribution in [0.5, 0.6) is 0 Å². The monoisotopic (exact) mass is 289 g/mol. The van der Waals surface area contributed by atoms with Gasteiger partial charge in [-0.15, -0.1) is 11.8 Å². The Kier molecular flexibility index (Phi) is 3.49. The van der Waals surface area contributed by atoms with Crippen molar-refractivity contribution in [3.05, 3.63) is 58.6 Å². The first kappa shape index (κ1) is 12.6. The van der Waals surface area contributed by atoms with Gasteiger partial charge in [0.25, 0.3) is 0 Å². The highest BCUT2D eigenvalue weighted by Crippen LogP contribution is 2.37. The molecule has 1 heterocycles. The SMILES string of the molecule is O=CN1Cc2ccccc2CSc2ccc(Cl)cc21. The van der Waals surface area contributed by atoms with E-state index in [1.807, 2.05) is 30.3 Å². The van der Waals surface area contributed by atoms with Crippen molar-refractivity contribution in [2.75, 3.05) is 4.90 Å². The van der Waals surface area contributed by atoms with E-state index in [9.17, 15) is 4.79 Å². The number of halogens is 1. The molecule has 96 valence electrons. The van der Waals surface area contributed by atoms with Gasteiger partial charge in [0.05, 0.1) is 12.2 Å².